The molecule has 0 aliphatic carbocycles. The van der Waals surface area contributed by atoms with Gasteiger partial charge in [0.05, 0.1) is 20.5 Å². The van der Waals surface area contributed by atoms with Crippen molar-refractivity contribution in [2.24, 2.45) is 0 Å². The van der Waals surface area contributed by atoms with E-state index in [0.29, 0.717) is 0 Å². The van der Waals surface area contributed by atoms with E-state index in [2.05, 4.69) is 5.32 Å². The van der Waals surface area contributed by atoms with E-state index >= 15 is 0 Å². The van der Waals surface area contributed by atoms with Crippen molar-refractivity contribution in [1.29, 1.82) is 0 Å². The van der Waals surface area contributed by atoms with E-state index in [9.17, 15) is 19.7 Å². The summed E-state index contributed by atoms with van der Waals surface area (Å²) >= 11 is 11.3. The van der Waals surface area contributed by atoms with Gasteiger partial charge in [-0.15, -0.1) is 0 Å². The lowest BCUT2D eigenvalue weighted by molar-refractivity contribution is -0.383. The Labute approximate surface area is 98.3 Å². The van der Waals surface area contributed by atoms with Crippen LogP contribution in [0.4, 0.5) is 11.4 Å². The first-order valence-corrected chi connectivity index (χ1v) is 4.71. The van der Waals surface area contributed by atoms with Gasteiger partial charge in [0.25, 0.3) is 17.4 Å². The highest BCUT2D eigenvalue weighted by Crippen LogP contribution is 2.41. The van der Waals surface area contributed by atoms with Crippen LogP contribution in [-0.4, -0.2) is 16.6 Å². The van der Waals surface area contributed by atoms with Crippen molar-refractivity contribution in [3.05, 3.63) is 31.8 Å². The fraction of sp³-hybridized carbons (Fsp3) is 0. The van der Waals surface area contributed by atoms with E-state index < -0.39 is 22.3 Å². The molecular formula is C8H2Cl2N2O4. The van der Waals surface area contributed by atoms with Crippen LogP contribution in [0.15, 0.2) is 6.07 Å². The maximum Gasteiger partial charge on any atom is 0.297 e. The molecule has 82 valence electrons. The number of Topliss-reactive ketones (excluding diaryl/α,β-unsaturated/α-hetero) is 1. The molecule has 1 aliphatic rings. The molecule has 1 amide bonds. The van der Waals surface area contributed by atoms with E-state index in [1.807, 2.05) is 0 Å². The third-order valence-electron chi connectivity index (χ3n) is 2.07. The Kier molecular flexibility index (Phi) is 2.32. The van der Waals surface area contributed by atoms with Gasteiger partial charge in [0, 0.05) is 6.07 Å². The zero-order valence-corrected chi connectivity index (χ0v) is 8.93. The highest BCUT2D eigenvalue weighted by molar-refractivity contribution is 6.57. The number of nitro groups is 1. The maximum absolute atomic E-state index is 11.4. The molecule has 2 rings (SSSR count). The molecule has 1 N–H and O–H groups in total. The fourth-order valence-corrected chi connectivity index (χ4v) is 1.81. The number of hydrogen-bond acceptors (Lipinski definition) is 4. The van der Waals surface area contributed by atoms with E-state index in [1.54, 1.807) is 0 Å². The van der Waals surface area contributed by atoms with Crippen molar-refractivity contribution in [1.82, 2.24) is 0 Å². The second-order valence-electron chi connectivity index (χ2n) is 2.98. The van der Waals surface area contributed by atoms with Crippen molar-refractivity contribution >= 4 is 46.3 Å². The molecule has 0 spiro atoms. The molecule has 0 fully saturated rings. The Balaban J connectivity index is 2.82. The average Bonchev–Trinajstić information content (AvgIpc) is 2.49. The van der Waals surface area contributed by atoms with Crippen LogP contribution >= 0.6 is 23.2 Å². The number of carbonyl (C=O) groups excluding carboxylic acids is 2. The summed E-state index contributed by atoms with van der Waals surface area (Å²) in [4.78, 5) is 32.4. The van der Waals surface area contributed by atoms with Crippen LogP contribution in [0.1, 0.15) is 10.4 Å². The zero-order chi connectivity index (χ0) is 12.0. The molecule has 1 aromatic carbocycles. The SMILES string of the molecule is O=C1Nc2c([N+](=O)[O-])cc(Cl)c(Cl)c2C1=O. The number of hydrogen-bond donors (Lipinski definition) is 1. The Bertz CT molecular complexity index is 555. The van der Waals surface area contributed by atoms with Crippen LogP contribution in [0, 0.1) is 10.1 Å². The van der Waals surface area contributed by atoms with Crippen LogP contribution in [0.2, 0.25) is 10.0 Å². The van der Waals surface area contributed by atoms with Crippen molar-refractivity contribution in [2.75, 3.05) is 5.32 Å². The predicted molar refractivity (Wildman–Crippen MR) is 56.1 cm³/mol. The molecule has 8 heteroatoms. The monoisotopic (exact) mass is 260 g/mol. The summed E-state index contributed by atoms with van der Waals surface area (Å²) < 4.78 is 0. The molecule has 1 aromatic rings. The molecular weight excluding hydrogens is 259 g/mol. The van der Waals surface area contributed by atoms with E-state index in [-0.39, 0.29) is 21.3 Å². The zero-order valence-electron chi connectivity index (χ0n) is 7.41. The largest absolute Gasteiger partial charge is 0.313 e. The first kappa shape index (κ1) is 10.8. The maximum atomic E-state index is 11.4. The van der Waals surface area contributed by atoms with Gasteiger partial charge < -0.3 is 5.32 Å². The van der Waals surface area contributed by atoms with Crippen molar-refractivity contribution in [3.8, 4) is 0 Å². The van der Waals surface area contributed by atoms with Crippen LogP contribution in [-0.2, 0) is 4.79 Å². The van der Waals surface area contributed by atoms with Gasteiger partial charge in [0.2, 0.25) is 0 Å². The summed E-state index contributed by atoms with van der Waals surface area (Å²) in [7, 11) is 0. The van der Waals surface area contributed by atoms with Crippen molar-refractivity contribution in [3.63, 3.8) is 0 Å². The first-order valence-electron chi connectivity index (χ1n) is 3.95. The minimum Gasteiger partial charge on any atom is -0.313 e. The Morgan fingerprint density at radius 3 is 2.50 bits per heavy atom. The molecule has 0 saturated carbocycles. The molecule has 16 heavy (non-hydrogen) atoms. The highest BCUT2D eigenvalue weighted by atomic mass is 35.5. The fourth-order valence-electron chi connectivity index (χ4n) is 1.38. The first-order chi connectivity index (χ1) is 7.43. The number of fused-ring (bicyclic) bond motifs is 1. The van der Waals surface area contributed by atoms with Gasteiger partial charge in [-0.1, -0.05) is 23.2 Å². The summed E-state index contributed by atoms with van der Waals surface area (Å²) in [5.74, 6) is -1.88. The molecule has 0 unspecified atom stereocenters. The third kappa shape index (κ3) is 1.35. The number of amides is 1. The number of nitro benzene ring substituents is 1. The minimum absolute atomic E-state index is 0.142. The van der Waals surface area contributed by atoms with E-state index in [0.717, 1.165) is 6.07 Å². The number of nitrogens with zero attached hydrogens (tertiary/aromatic N) is 1. The number of halogens is 2. The topological polar surface area (TPSA) is 89.3 Å². The molecule has 0 bridgehead atoms. The summed E-state index contributed by atoms with van der Waals surface area (Å²) in [5, 5.41) is 12.5. The molecule has 1 aliphatic heterocycles. The summed E-state index contributed by atoms with van der Waals surface area (Å²) in [5.41, 5.74) is -0.899. The lowest BCUT2D eigenvalue weighted by atomic mass is 10.1. The lowest BCUT2D eigenvalue weighted by Crippen LogP contribution is -2.12. The molecule has 0 aromatic heterocycles. The van der Waals surface area contributed by atoms with Crippen molar-refractivity contribution < 1.29 is 14.5 Å². The van der Waals surface area contributed by atoms with Gasteiger partial charge >= 0.3 is 0 Å². The van der Waals surface area contributed by atoms with Crippen molar-refractivity contribution in [2.45, 2.75) is 0 Å². The second-order valence-corrected chi connectivity index (χ2v) is 3.77. The van der Waals surface area contributed by atoms with E-state index in [1.165, 1.54) is 0 Å². The average molecular weight is 261 g/mol. The number of anilines is 1. The number of rotatable bonds is 1. The van der Waals surface area contributed by atoms with Gasteiger partial charge in [-0.2, -0.15) is 0 Å². The molecule has 6 nitrogen and oxygen atoms in total. The molecule has 0 atom stereocenters. The summed E-state index contributed by atoms with van der Waals surface area (Å²) in [6, 6.07) is 0.988. The lowest BCUT2D eigenvalue weighted by Gasteiger charge is -2.02. The van der Waals surface area contributed by atoms with Gasteiger partial charge in [-0.25, -0.2) is 0 Å². The van der Waals surface area contributed by atoms with Gasteiger partial charge in [0.15, 0.2) is 0 Å². The normalized spacial score (nSPS) is 13.6. The van der Waals surface area contributed by atoms with Gasteiger partial charge in [0.1, 0.15) is 5.69 Å². The van der Waals surface area contributed by atoms with Crippen LogP contribution in [0.5, 0.6) is 0 Å². The Hall–Kier alpha value is -1.66. The summed E-state index contributed by atoms with van der Waals surface area (Å²) in [6.45, 7) is 0. The summed E-state index contributed by atoms with van der Waals surface area (Å²) in [6.07, 6.45) is 0. The molecule has 0 saturated heterocycles. The van der Waals surface area contributed by atoms with Gasteiger partial charge in [-0.05, 0) is 0 Å². The van der Waals surface area contributed by atoms with Crippen LogP contribution in [0.3, 0.4) is 0 Å². The van der Waals surface area contributed by atoms with Gasteiger partial charge in [-0.3, -0.25) is 19.7 Å². The molecule has 1 heterocycles. The quantitative estimate of drug-likeness (QED) is 0.475. The second kappa shape index (κ2) is 3.43. The smallest absolute Gasteiger partial charge is 0.297 e. The minimum atomic E-state index is -0.956. The number of benzene rings is 1. The number of ketones is 1. The highest BCUT2D eigenvalue weighted by Gasteiger charge is 2.37. The predicted octanol–water partition coefficient (Wildman–Crippen LogP) is 2.04. The van der Waals surface area contributed by atoms with Crippen LogP contribution < -0.4 is 5.32 Å². The Morgan fingerprint density at radius 2 is 1.94 bits per heavy atom. The van der Waals surface area contributed by atoms with E-state index in [4.69, 9.17) is 23.2 Å². The third-order valence-corrected chi connectivity index (χ3v) is 2.85. The number of carbonyl (C=O) groups is 2. The van der Waals surface area contributed by atoms with Crippen LogP contribution in [0.25, 0.3) is 0 Å². The Morgan fingerprint density at radius 1 is 1.31 bits per heavy atom. The molecule has 0 radical (unpaired) electrons. The number of nitrogens with one attached hydrogen (secondary N) is 1. The standard InChI is InChI=1S/C8H2Cl2N2O4/c9-2-1-3(12(15)16)6-4(5(2)10)7(13)8(14)11-6/h1H,(H,11,13,14).